The minimum Gasteiger partial charge on any atom is -0.462 e. The van der Waals surface area contributed by atoms with E-state index in [1.807, 2.05) is 6.92 Å². The van der Waals surface area contributed by atoms with Crippen LogP contribution in [0.15, 0.2) is 6.07 Å². The molecule has 1 aromatic heterocycles. The number of amides is 1. The van der Waals surface area contributed by atoms with E-state index in [4.69, 9.17) is 14.2 Å². The van der Waals surface area contributed by atoms with Crippen molar-refractivity contribution in [3.63, 3.8) is 0 Å². The van der Waals surface area contributed by atoms with Crippen molar-refractivity contribution in [2.45, 2.75) is 32.5 Å². The maximum atomic E-state index is 12.4. The van der Waals surface area contributed by atoms with Crippen molar-refractivity contribution in [2.24, 2.45) is 0 Å². The van der Waals surface area contributed by atoms with Crippen LogP contribution < -0.4 is 10.2 Å². The van der Waals surface area contributed by atoms with E-state index in [9.17, 15) is 9.59 Å². The van der Waals surface area contributed by atoms with Gasteiger partial charge in [0.05, 0.1) is 51.3 Å². The van der Waals surface area contributed by atoms with Crippen LogP contribution in [0.25, 0.3) is 0 Å². The summed E-state index contributed by atoms with van der Waals surface area (Å²) in [6.45, 7) is 7.33. The van der Waals surface area contributed by atoms with Crippen molar-refractivity contribution in [1.29, 1.82) is 0 Å². The Morgan fingerprint density at radius 2 is 2.00 bits per heavy atom. The first-order chi connectivity index (χ1) is 12.0. The van der Waals surface area contributed by atoms with Crippen LogP contribution in [0, 0.1) is 6.92 Å². The summed E-state index contributed by atoms with van der Waals surface area (Å²) in [4.78, 5) is 26.6. The molecular weight excluding hydrogens is 344 g/mol. The van der Waals surface area contributed by atoms with Gasteiger partial charge in [-0.2, -0.15) is 0 Å². The van der Waals surface area contributed by atoms with Gasteiger partial charge in [-0.1, -0.05) is 0 Å². The van der Waals surface area contributed by atoms with E-state index < -0.39 is 11.8 Å². The molecule has 1 amide bonds. The van der Waals surface area contributed by atoms with Gasteiger partial charge >= 0.3 is 5.97 Å². The molecule has 0 saturated carbocycles. The van der Waals surface area contributed by atoms with Gasteiger partial charge in [0.2, 0.25) is 0 Å². The summed E-state index contributed by atoms with van der Waals surface area (Å²) >= 11 is 1.39. The van der Waals surface area contributed by atoms with E-state index >= 15 is 0 Å². The SMILES string of the molecule is CCOC(=O)c1cc(C)sc1NC(=O)C[NH+]1CCC2(CC1)OCCO2. The Bertz CT molecular complexity index is 629. The molecule has 1 aromatic rings. The number of likely N-dealkylation sites (tertiary alicyclic amines) is 1. The Balaban J connectivity index is 1.54. The second-order valence-electron chi connectivity index (χ2n) is 6.40. The van der Waals surface area contributed by atoms with E-state index in [1.54, 1.807) is 13.0 Å². The zero-order valence-electron chi connectivity index (χ0n) is 14.7. The second-order valence-corrected chi connectivity index (χ2v) is 7.66. The van der Waals surface area contributed by atoms with Gasteiger partial charge in [-0.3, -0.25) is 4.79 Å². The Morgan fingerprint density at radius 1 is 1.32 bits per heavy atom. The highest BCUT2D eigenvalue weighted by atomic mass is 32.1. The summed E-state index contributed by atoms with van der Waals surface area (Å²) in [6.07, 6.45) is 1.61. The van der Waals surface area contributed by atoms with Gasteiger partial charge in [-0.15, -0.1) is 11.3 Å². The summed E-state index contributed by atoms with van der Waals surface area (Å²) in [5, 5.41) is 3.44. The van der Waals surface area contributed by atoms with E-state index in [2.05, 4.69) is 5.32 Å². The van der Waals surface area contributed by atoms with Gasteiger partial charge in [0, 0.05) is 4.88 Å². The van der Waals surface area contributed by atoms with Crippen LogP contribution in [-0.2, 0) is 19.0 Å². The summed E-state index contributed by atoms with van der Waals surface area (Å²) in [5.74, 6) is -0.904. The van der Waals surface area contributed by atoms with Crippen LogP contribution in [0.3, 0.4) is 0 Å². The third-order valence-electron chi connectivity index (χ3n) is 4.55. The quantitative estimate of drug-likeness (QED) is 0.743. The monoisotopic (exact) mass is 369 g/mol. The molecule has 25 heavy (non-hydrogen) atoms. The first-order valence-corrected chi connectivity index (χ1v) is 9.52. The van der Waals surface area contributed by atoms with E-state index in [0.717, 1.165) is 30.8 Å². The van der Waals surface area contributed by atoms with Crippen molar-refractivity contribution in [3.8, 4) is 0 Å². The molecule has 0 aromatic carbocycles. The van der Waals surface area contributed by atoms with Crippen LogP contribution in [0.1, 0.15) is 35.0 Å². The summed E-state index contributed by atoms with van der Waals surface area (Å²) < 4.78 is 16.5. The normalized spacial score (nSPS) is 19.9. The molecular formula is C17H25N2O5S+. The van der Waals surface area contributed by atoms with E-state index in [1.165, 1.54) is 16.2 Å². The molecule has 7 nitrogen and oxygen atoms in total. The molecule has 2 N–H and O–H groups in total. The first kappa shape index (κ1) is 18.3. The third kappa shape index (κ3) is 4.38. The molecule has 138 valence electrons. The number of hydrogen-bond acceptors (Lipinski definition) is 6. The number of piperidine rings is 1. The molecule has 2 saturated heterocycles. The lowest BCUT2D eigenvalue weighted by molar-refractivity contribution is -0.900. The zero-order valence-corrected chi connectivity index (χ0v) is 15.5. The average Bonchev–Trinajstić information content (AvgIpc) is 3.17. The van der Waals surface area contributed by atoms with Crippen LogP contribution in [-0.4, -0.2) is 57.1 Å². The van der Waals surface area contributed by atoms with Gasteiger partial charge in [0.1, 0.15) is 5.00 Å². The van der Waals surface area contributed by atoms with E-state index in [-0.39, 0.29) is 5.91 Å². The number of thiophene rings is 1. The average molecular weight is 369 g/mol. The molecule has 0 aliphatic carbocycles. The van der Waals surface area contributed by atoms with Gasteiger partial charge in [-0.05, 0) is 19.9 Å². The lowest BCUT2D eigenvalue weighted by atomic mass is 10.0. The van der Waals surface area contributed by atoms with Gasteiger partial charge in [0.25, 0.3) is 5.91 Å². The number of nitrogens with one attached hydrogen (secondary N) is 2. The fraction of sp³-hybridized carbons (Fsp3) is 0.647. The van der Waals surface area contributed by atoms with Crippen molar-refractivity contribution in [1.82, 2.24) is 0 Å². The summed E-state index contributed by atoms with van der Waals surface area (Å²) in [5.41, 5.74) is 0.429. The van der Waals surface area contributed by atoms with Gasteiger partial charge in [0.15, 0.2) is 12.3 Å². The Labute approximate surface area is 151 Å². The fourth-order valence-corrected chi connectivity index (χ4v) is 4.23. The molecule has 0 radical (unpaired) electrons. The van der Waals surface area contributed by atoms with Gasteiger partial charge in [-0.25, -0.2) is 4.79 Å². The molecule has 0 atom stereocenters. The lowest BCUT2D eigenvalue weighted by Gasteiger charge is -2.34. The van der Waals surface area contributed by atoms with E-state index in [0.29, 0.717) is 36.9 Å². The Hall–Kier alpha value is -1.48. The molecule has 0 unspecified atom stereocenters. The highest BCUT2D eigenvalue weighted by Crippen LogP contribution is 2.29. The number of hydrogen-bond donors (Lipinski definition) is 2. The first-order valence-electron chi connectivity index (χ1n) is 8.70. The number of quaternary nitrogens is 1. The number of anilines is 1. The Kier molecular flexibility index (Phi) is 5.73. The number of aryl methyl sites for hydroxylation is 1. The van der Waals surface area contributed by atoms with Crippen LogP contribution in [0.4, 0.5) is 5.00 Å². The lowest BCUT2D eigenvalue weighted by Crippen LogP contribution is -3.14. The predicted molar refractivity (Wildman–Crippen MR) is 93.1 cm³/mol. The number of rotatable bonds is 5. The molecule has 0 bridgehead atoms. The molecule has 8 heteroatoms. The predicted octanol–water partition coefficient (Wildman–Crippen LogP) is 0.594. The molecule has 2 aliphatic rings. The smallest absolute Gasteiger partial charge is 0.341 e. The highest BCUT2D eigenvalue weighted by molar-refractivity contribution is 7.16. The molecule has 3 rings (SSSR count). The number of carbonyl (C=O) groups excluding carboxylic acids is 2. The van der Waals surface area contributed by atoms with Crippen LogP contribution in [0.2, 0.25) is 0 Å². The van der Waals surface area contributed by atoms with Gasteiger partial charge < -0.3 is 24.4 Å². The summed E-state index contributed by atoms with van der Waals surface area (Å²) in [6, 6.07) is 1.75. The standard InChI is InChI=1S/C17H24N2O5S/c1-3-22-16(21)13-10-12(2)25-15(13)18-14(20)11-19-6-4-17(5-7-19)23-8-9-24-17/h10H,3-9,11H2,1-2H3,(H,18,20)/p+1. The van der Waals surface area contributed by atoms with Crippen LogP contribution >= 0.6 is 11.3 Å². The Morgan fingerprint density at radius 3 is 2.64 bits per heavy atom. The van der Waals surface area contributed by atoms with Crippen molar-refractivity contribution in [2.75, 3.05) is 44.8 Å². The highest BCUT2D eigenvalue weighted by Gasteiger charge is 2.42. The topological polar surface area (TPSA) is 78.3 Å². The molecule has 2 aliphatic heterocycles. The maximum absolute atomic E-state index is 12.4. The number of carbonyl (C=O) groups is 2. The number of esters is 1. The van der Waals surface area contributed by atoms with Crippen LogP contribution in [0.5, 0.6) is 0 Å². The van der Waals surface area contributed by atoms with Crippen molar-refractivity contribution in [3.05, 3.63) is 16.5 Å². The minimum atomic E-state index is -0.415. The zero-order chi connectivity index (χ0) is 17.9. The van der Waals surface area contributed by atoms with Crippen molar-refractivity contribution >= 4 is 28.2 Å². The minimum absolute atomic E-state index is 0.0911. The largest absolute Gasteiger partial charge is 0.462 e. The van der Waals surface area contributed by atoms with Crippen molar-refractivity contribution < 1.29 is 28.7 Å². The maximum Gasteiger partial charge on any atom is 0.341 e. The molecule has 2 fully saturated rings. The second kappa shape index (κ2) is 7.82. The third-order valence-corrected chi connectivity index (χ3v) is 5.51. The molecule has 3 heterocycles. The summed E-state index contributed by atoms with van der Waals surface area (Å²) in [7, 11) is 0. The number of ether oxygens (including phenoxy) is 3. The fourth-order valence-electron chi connectivity index (χ4n) is 3.31. The molecule has 1 spiro atoms.